The first-order valence-electron chi connectivity index (χ1n) is 10.1. The molecule has 148 valence electrons. The second kappa shape index (κ2) is 9.01. The van der Waals surface area contributed by atoms with Crippen LogP contribution in [0.2, 0.25) is 0 Å². The monoisotopic (exact) mass is 380 g/mol. The van der Waals surface area contributed by atoms with Gasteiger partial charge in [-0.05, 0) is 44.4 Å². The summed E-state index contributed by atoms with van der Waals surface area (Å²) in [5.41, 5.74) is 1.06. The molecule has 0 bridgehead atoms. The predicted octanol–water partition coefficient (Wildman–Crippen LogP) is 3.27. The van der Waals surface area contributed by atoms with Crippen molar-refractivity contribution in [3.05, 3.63) is 60.3 Å². The highest BCUT2D eigenvalue weighted by Gasteiger charge is 2.16. The minimum Gasteiger partial charge on any atom is -0.465 e. The Kier molecular flexibility index (Phi) is 6.01. The van der Waals surface area contributed by atoms with Gasteiger partial charge in [-0.25, -0.2) is 15.0 Å². The van der Waals surface area contributed by atoms with Gasteiger partial charge in [-0.3, -0.25) is 4.90 Å². The van der Waals surface area contributed by atoms with E-state index in [4.69, 9.17) is 9.40 Å². The van der Waals surface area contributed by atoms with E-state index < -0.39 is 0 Å². The topological polar surface area (TPSA) is 63.2 Å². The molecule has 3 aromatic heterocycles. The van der Waals surface area contributed by atoms with Crippen LogP contribution in [0.3, 0.4) is 0 Å². The Balaban J connectivity index is 1.42. The SMILES string of the molecule is Cc1ccc(CN(CCCn2ccnc2)Cc2ccnc(N3CCCC3)n2)o1. The third-order valence-corrected chi connectivity index (χ3v) is 5.10. The van der Waals surface area contributed by atoms with Gasteiger partial charge >= 0.3 is 0 Å². The Morgan fingerprint density at radius 1 is 1.11 bits per heavy atom. The normalized spacial score (nSPS) is 14.3. The number of imidazole rings is 1. The number of rotatable bonds is 9. The van der Waals surface area contributed by atoms with Gasteiger partial charge in [-0.1, -0.05) is 0 Å². The van der Waals surface area contributed by atoms with Crippen LogP contribution in [-0.2, 0) is 19.6 Å². The quantitative estimate of drug-likeness (QED) is 0.568. The van der Waals surface area contributed by atoms with Crippen molar-refractivity contribution in [2.75, 3.05) is 24.5 Å². The molecule has 1 aliphatic rings. The molecule has 1 fully saturated rings. The van der Waals surface area contributed by atoms with E-state index in [1.807, 2.05) is 44.0 Å². The largest absolute Gasteiger partial charge is 0.465 e. The number of aryl methyl sites for hydroxylation is 2. The van der Waals surface area contributed by atoms with Gasteiger partial charge in [0.25, 0.3) is 0 Å². The summed E-state index contributed by atoms with van der Waals surface area (Å²) in [5.74, 6) is 2.81. The van der Waals surface area contributed by atoms with E-state index in [0.29, 0.717) is 0 Å². The first kappa shape index (κ1) is 18.7. The van der Waals surface area contributed by atoms with Crippen molar-refractivity contribution in [3.63, 3.8) is 0 Å². The van der Waals surface area contributed by atoms with E-state index >= 15 is 0 Å². The van der Waals surface area contributed by atoms with Gasteiger partial charge in [0.2, 0.25) is 5.95 Å². The predicted molar refractivity (Wildman–Crippen MR) is 108 cm³/mol. The number of aromatic nitrogens is 4. The highest BCUT2D eigenvalue weighted by atomic mass is 16.3. The molecule has 0 saturated carbocycles. The molecule has 0 radical (unpaired) electrons. The summed E-state index contributed by atoms with van der Waals surface area (Å²) >= 11 is 0. The fourth-order valence-corrected chi connectivity index (χ4v) is 3.67. The first-order chi connectivity index (χ1) is 13.8. The summed E-state index contributed by atoms with van der Waals surface area (Å²) in [6.45, 7) is 7.58. The molecule has 28 heavy (non-hydrogen) atoms. The number of nitrogens with zero attached hydrogens (tertiary/aromatic N) is 6. The lowest BCUT2D eigenvalue weighted by Crippen LogP contribution is -2.26. The maximum atomic E-state index is 5.81. The fraction of sp³-hybridized carbons (Fsp3) is 0.476. The van der Waals surface area contributed by atoms with Crippen LogP contribution in [0.4, 0.5) is 5.95 Å². The van der Waals surface area contributed by atoms with E-state index in [1.165, 1.54) is 12.8 Å². The second-order valence-corrected chi connectivity index (χ2v) is 7.42. The first-order valence-corrected chi connectivity index (χ1v) is 10.1. The highest BCUT2D eigenvalue weighted by molar-refractivity contribution is 5.31. The van der Waals surface area contributed by atoms with Gasteiger partial charge in [0, 0.05) is 51.3 Å². The molecule has 0 spiro atoms. The van der Waals surface area contributed by atoms with Gasteiger partial charge < -0.3 is 13.9 Å². The molecule has 0 unspecified atom stereocenters. The highest BCUT2D eigenvalue weighted by Crippen LogP contribution is 2.17. The molecule has 0 amide bonds. The van der Waals surface area contributed by atoms with Crippen molar-refractivity contribution in [1.29, 1.82) is 0 Å². The van der Waals surface area contributed by atoms with Crippen LogP contribution in [0.1, 0.15) is 36.5 Å². The smallest absolute Gasteiger partial charge is 0.225 e. The van der Waals surface area contributed by atoms with Gasteiger partial charge in [-0.2, -0.15) is 0 Å². The Hall–Kier alpha value is -2.67. The third-order valence-electron chi connectivity index (χ3n) is 5.10. The maximum absolute atomic E-state index is 5.81. The molecule has 0 N–H and O–H groups in total. The van der Waals surface area contributed by atoms with Crippen LogP contribution in [0, 0.1) is 6.92 Å². The van der Waals surface area contributed by atoms with Gasteiger partial charge in [0.15, 0.2) is 0 Å². The molecule has 1 saturated heterocycles. The standard InChI is InChI=1S/C21H28N6O/c1-18-5-6-20(28-18)16-26(11-4-10-25-14-9-22-17-25)15-19-7-8-23-21(24-19)27-12-2-3-13-27/h5-9,14,17H,2-4,10-13,15-16H2,1H3. The van der Waals surface area contributed by atoms with Crippen molar-refractivity contribution in [2.45, 2.75) is 45.8 Å². The summed E-state index contributed by atoms with van der Waals surface area (Å²) < 4.78 is 7.93. The average molecular weight is 380 g/mol. The van der Waals surface area contributed by atoms with Crippen molar-refractivity contribution in [3.8, 4) is 0 Å². The number of anilines is 1. The molecule has 4 heterocycles. The van der Waals surface area contributed by atoms with E-state index in [-0.39, 0.29) is 0 Å². The summed E-state index contributed by atoms with van der Waals surface area (Å²) in [5, 5.41) is 0. The summed E-state index contributed by atoms with van der Waals surface area (Å²) in [6, 6.07) is 6.11. The van der Waals surface area contributed by atoms with Crippen LogP contribution >= 0.6 is 0 Å². The molecular formula is C21H28N6O. The molecule has 4 rings (SSSR count). The minimum atomic E-state index is 0.779. The van der Waals surface area contributed by atoms with E-state index in [0.717, 1.165) is 68.9 Å². The number of hydrogen-bond acceptors (Lipinski definition) is 6. The Bertz CT molecular complexity index is 853. The van der Waals surface area contributed by atoms with Crippen LogP contribution < -0.4 is 4.90 Å². The Morgan fingerprint density at radius 2 is 2.00 bits per heavy atom. The lowest BCUT2D eigenvalue weighted by Gasteiger charge is -2.22. The molecule has 7 heteroatoms. The molecule has 3 aromatic rings. The zero-order chi connectivity index (χ0) is 19.2. The molecule has 7 nitrogen and oxygen atoms in total. The lowest BCUT2D eigenvalue weighted by molar-refractivity contribution is 0.225. The van der Waals surface area contributed by atoms with Crippen molar-refractivity contribution in [2.24, 2.45) is 0 Å². The van der Waals surface area contributed by atoms with Crippen molar-refractivity contribution in [1.82, 2.24) is 24.4 Å². The third kappa shape index (κ3) is 4.98. The van der Waals surface area contributed by atoms with Crippen LogP contribution in [0.15, 0.2) is 47.5 Å². The second-order valence-electron chi connectivity index (χ2n) is 7.42. The van der Waals surface area contributed by atoms with Crippen LogP contribution in [0.5, 0.6) is 0 Å². The molecule has 0 atom stereocenters. The molecule has 0 aliphatic carbocycles. The zero-order valence-corrected chi connectivity index (χ0v) is 16.5. The minimum absolute atomic E-state index is 0.779. The lowest BCUT2D eigenvalue weighted by atomic mass is 10.3. The summed E-state index contributed by atoms with van der Waals surface area (Å²) in [7, 11) is 0. The Morgan fingerprint density at radius 3 is 2.75 bits per heavy atom. The van der Waals surface area contributed by atoms with Crippen LogP contribution in [-0.4, -0.2) is 44.1 Å². The summed E-state index contributed by atoms with van der Waals surface area (Å²) in [4.78, 5) is 18.1. The van der Waals surface area contributed by atoms with E-state index in [2.05, 4.69) is 30.4 Å². The Labute approximate surface area is 166 Å². The molecule has 0 aromatic carbocycles. The van der Waals surface area contributed by atoms with Crippen molar-refractivity contribution < 1.29 is 4.42 Å². The number of hydrogen-bond donors (Lipinski definition) is 0. The van der Waals surface area contributed by atoms with E-state index in [1.54, 1.807) is 0 Å². The van der Waals surface area contributed by atoms with E-state index in [9.17, 15) is 0 Å². The average Bonchev–Trinajstić information content (AvgIpc) is 3.45. The number of furan rings is 1. The fourth-order valence-electron chi connectivity index (χ4n) is 3.67. The molecule has 1 aliphatic heterocycles. The maximum Gasteiger partial charge on any atom is 0.225 e. The molecular weight excluding hydrogens is 352 g/mol. The van der Waals surface area contributed by atoms with Crippen LogP contribution in [0.25, 0.3) is 0 Å². The van der Waals surface area contributed by atoms with Gasteiger partial charge in [-0.15, -0.1) is 0 Å². The van der Waals surface area contributed by atoms with Gasteiger partial charge in [0.1, 0.15) is 11.5 Å². The zero-order valence-electron chi connectivity index (χ0n) is 16.5. The summed E-state index contributed by atoms with van der Waals surface area (Å²) in [6.07, 6.45) is 11.1. The van der Waals surface area contributed by atoms with Crippen molar-refractivity contribution >= 4 is 5.95 Å². The van der Waals surface area contributed by atoms with Gasteiger partial charge in [0.05, 0.1) is 18.6 Å².